The predicted molar refractivity (Wildman–Crippen MR) is 170 cm³/mol. The molecule has 0 amide bonds. The van der Waals surface area contributed by atoms with E-state index in [4.69, 9.17) is 18.8 Å². The van der Waals surface area contributed by atoms with Crippen molar-refractivity contribution in [1.29, 1.82) is 0 Å². The third kappa shape index (κ3) is 3.49. The van der Waals surface area contributed by atoms with E-state index in [-0.39, 0.29) is 0 Å². The summed E-state index contributed by atoms with van der Waals surface area (Å²) in [6.45, 7) is 0. The Morgan fingerprint density at radius 2 is 1.17 bits per heavy atom. The summed E-state index contributed by atoms with van der Waals surface area (Å²) in [5, 5.41) is 5.33. The van der Waals surface area contributed by atoms with Crippen molar-refractivity contribution >= 4 is 54.8 Å². The quantitative estimate of drug-likeness (QED) is 0.224. The van der Waals surface area contributed by atoms with Gasteiger partial charge in [0.1, 0.15) is 28.0 Å². The van der Waals surface area contributed by atoms with Crippen LogP contribution in [0.5, 0.6) is 0 Å². The number of fused-ring (bicyclic) bond motifs is 7. The minimum absolute atomic E-state index is 0.631. The number of furan rings is 2. The molecule has 6 aromatic carbocycles. The fourth-order valence-electron chi connectivity index (χ4n) is 6.07. The van der Waals surface area contributed by atoms with Crippen molar-refractivity contribution < 1.29 is 8.83 Å². The zero-order valence-corrected chi connectivity index (χ0v) is 22.4. The molecule has 0 saturated carbocycles. The van der Waals surface area contributed by atoms with Crippen molar-refractivity contribution in [1.82, 2.24) is 9.97 Å². The van der Waals surface area contributed by atoms with Crippen molar-refractivity contribution in [3.63, 3.8) is 0 Å². The highest BCUT2D eigenvalue weighted by Gasteiger charge is 2.22. The molecule has 0 atom stereocenters. The van der Waals surface area contributed by atoms with Crippen LogP contribution in [0, 0.1) is 0 Å². The monoisotopic (exact) mass is 538 g/mol. The zero-order chi connectivity index (χ0) is 27.6. The maximum atomic E-state index is 6.43. The Labute approximate surface area is 240 Å². The topological polar surface area (TPSA) is 52.1 Å². The van der Waals surface area contributed by atoms with Crippen LogP contribution in [0.1, 0.15) is 0 Å². The molecule has 3 heterocycles. The number of aromatic nitrogens is 2. The normalized spacial score (nSPS) is 11.8. The Bertz CT molecular complexity index is 2470. The Balaban J connectivity index is 1.41. The average molecular weight is 539 g/mol. The summed E-state index contributed by atoms with van der Waals surface area (Å²) < 4.78 is 12.8. The molecule has 9 aromatic rings. The molecule has 0 aliphatic rings. The molecule has 0 N–H and O–H groups in total. The van der Waals surface area contributed by atoms with Gasteiger partial charge >= 0.3 is 0 Å². The predicted octanol–water partition coefficient (Wildman–Crippen LogP) is 10.4. The Kier molecular flexibility index (Phi) is 4.87. The first-order valence-electron chi connectivity index (χ1n) is 14.0. The minimum Gasteiger partial charge on any atom is -0.456 e. The molecular formula is C38H22N2O2. The van der Waals surface area contributed by atoms with E-state index >= 15 is 0 Å². The molecule has 0 saturated heterocycles. The second-order valence-corrected chi connectivity index (χ2v) is 10.6. The lowest BCUT2D eigenvalue weighted by atomic mass is 9.98. The van der Waals surface area contributed by atoms with Gasteiger partial charge in [-0.2, -0.15) is 0 Å². The second kappa shape index (κ2) is 8.88. The van der Waals surface area contributed by atoms with Crippen molar-refractivity contribution in [2.75, 3.05) is 0 Å². The van der Waals surface area contributed by atoms with Gasteiger partial charge in [0.2, 0.25) is 0 Å². The van der Waals surface area contributed by atoms with Crippen LogP contribution in [0.4, 0.5) is 0 Å². The number of hydrogen-bond donors (Lipinski definition) is 0. The fourth-order valence-corrected chi connectivity index (χ4v) is 6.07. The van der Waals surface area contributed by atoms with E-state index in [2.05, 4.69) is 91.0 Å². The van der Waals surface area contributed by atoms with E-state index in [1.165, 1.54) is 5.39 Å². The largest absolute Gasteiger partial charge is 0.456 e. The number of para-hydroxylation sites is 2. The van der Waals surface area contributed by atoms with Gasteiger partial charge < -0.3 is 8.83 Å². The maximum Gasteiger partial charge on any atom is 0.180 e. The molecule has 0 aliphatic heterocycles. The van der Waals surface area contributed by atoms with Crippen LogP contribution in [0.25, 0.3) is 88.6 Å². The van der Waals surface area contributed by atoms with E-state index in [0.717, 1.165) is 71.8 Å². The third-order valence-electron chi connectivity index (χ3n) is 8.07. The van der Waals surface area contributed by atoms with E-state index < -0.39 is 0 Å². The van der Waals surface area contributed by atoms with Crippen LogP contribution in [-0.2, 0) is 0 Å². The first-order chi connectivity index (χ1) is 20.8. The first kappa shape index (κ1) is 23.0. The van der Waals surface area contributed by atoms with Crippen molar-refractivity contribution in [3.05, 3.63) is 133 Å². The van der Waals surface area contributed by atoms with Crippen LogP contribution in [0.15, 0.2) is 142 Å². The van der Waals surface area contributed by atoms with Crippen LogP contribution in [-0.4, -0.2) is 9.97 Å². The Morgan fingerprint density at radius 3 is 2.02 bits per heavy atom. The second-order valence-electron chi connectivity index (χ2n) is 10.6. The smallest absolute Gasteiger partial charge is 0.180 e. The zero-order valence-electron chi connectivity index (χ0n) is 22.4. The lowest BCUT2D eigenvalue weighted by molar-refractivity contribution is 0.667. The van der Waals surface area contributed by atoms with Crippen molar-refractivity contribution in [2.24, 2.45) is 0 Å². The van der Waals surface area contributed by atoms with Gasteiger partial charge in [0.05, 0.1) is 0 Å². The van der Waals surface area contributed by atoms with E-state index in [0.29, 0.717) is 11.4 Å². The molecule has 0 fully saturated rings. The van der Waals surface area contributed by atoms with Crippen LogP contribution < -0.4 is 0 Å². The van der Waals surface area contributed by atoms with Crippen LogP contribution >= 0.6 is 0 Å². The molecule has 0 radical (unpaired) electrons. The molecule has 0 unspecified atom stereocenters. The van der Waals surface area contributed by atoms with Crippen LogP contribution in [0.2, 0.25) is 0 Å². The summed E-state index contributed by atoms with van der Waals surface area (Å²) in [5.74, 6) is 0.631. The fraction of sp³-hybridized carbons (Fsp3) is 0. The van der Waals surface area contributed by atoms with Gasteiger partial charge in [-0.3, -0.25) is 0 Å². The highest BCUT2D eigenvalue weighted by Crippen LogP contribution is 2.42. The molecule has 9 rings (SSSR count). The SMILES string of the molecule is c1ccc(-c2cc(-c3nc(-c4ccc5ccccc5c4)c4oc5ccccc5c4n3)c3c(c2)oc2ccccc23)cc1. The Hall–Kier alpha value is -5.74. The molecule has 196 valence electrons. The van der Waals surface area contributed by atoms with Gasteiger partial charge in [-0.25, -0.2) is 9.97 Å². The summed E-state index contributed by atoms with van der Waals surface area (Å²) >= 11 is 0. The molecule has 0 bridgehead atoms. The summed E-state index contributed by atoms with van der Waals surface area (Å²) in [6, 6.07) is 45.7. The molecule has 4 nitrogen and oxygen atoms in total. The summed E-state index contributed by atoms with van der Waals surface area (Å²) in [7, 11) is 0. The van der Waals surface area contributed by atoms with E-state index in [1.807, 2.05) is 42.5 Å². The standard InChI is InChI=1S/C38H22N2O2/c1-2-10-23(11-3-1)27-21-30(34-28-14-6-8-16-31(28)41-33(34)22-27)38-39-35(26-19-18-24-12-4-5-13-25(24)20-26)37-36(40-38)29-15-7-9-17-32(29)42-37/h1-22H. The molecule has 0 spiro atoms. The van der Waals surface area contributed by atoms with Gasteiger partial charge in [0.25, 0.3) is 0 Å². The molecular weight excluding hydrogens is 516 g/mol. The van der Waals surface area contributed by atoms with Gasteiger partial charge in [-0.05, 0) is 58.3 Å². The highest BCUT2D eigenvalue weighted by molar-refractivity contribution is 6.14. The lowest BCUT2D eigenvalue weighted by Gasteiger charge is -2.10. The first-order valence-corrected chi connectivity index (χ1v) is 14.0. The van der Waals surface area contributed by atoms with Crippen molar-refractivity contribution in [2.45, 2.75) is 0 Å². The number of hydrogen-bond acceptors (Lipinski definition) is 4. The van der Waals surface area contributed by atoms with E-state index in [1.54, 1.807) is 0 Å². The average Bonchev–Trinajstić information content (AvgIpc) is 3.62. The molecule has 0 aliphatic carbocycles. The Morgan fingerprint density at radius 1 is 0.452 bits per heavy atom. The summed E-state index contributed by atoms with van der Waals surface area (Å²) in [6.07, 6.45) is 0. The maximum absolute atomic E-state index is 6.43. The number of rotatable bonds is 3. The molecule has 4 heteroatoms. The van der Waals surface area contributed by atoms with Gasteiger partial charge in [0.15, 0.2) is 11.4 Å². The van der Waals surface area contributed by atoms with Gasteiger partial charge in [0, 0.05) is 27.3 Å². The van der Waals surface area contributed by atoms with Crippen LogP contribution in [0.3, 0.4) is 0 Å². The molecule has 3 aromatic heterocycles. The highest BCUT2D eigenvalue weighted by atomic mass is 16.3. The minimum atomic E-state index is 0.631. The number of nitrogens with zero attached hydrogens (tertiary/aromatic N) is 2. The number of benzene rings is 6. The van der Waals surface area contributed by atoms with E-state index in [9.17, 15) is 0 Å². The summed E-state index contributed by atoms with van der Waals surface area (Å²) in [4.78, 5) is 10.5. The van der Waals surface area contributed by atoms with Crippen molar-refractivity contribution in [3.8, 4) is 33.8 Å². The summed E-state index contributed by atoms with van der Waals surface area (Å²) in [5.41, 5.74) is 8.73. The van der Waals surface area contributed by atoms with Gasteiger partial charge in [-0.15, -0.1) is 0 Å². The lowest BCUT2D eigenvalue weighted by Crippen LogP contribution is -1.95. The third-order valence-corrected chi connectivity index (χ3v) is 8.07. The molecule has 42 heavy (non-hydrogen) atoms. The van der Waals surface area contributed by atoms with Gasteiger partial charge in [-0.1, -0.05) is 97.1 Å².